The van der Waals surface area contributed by atoms with Crippen LogP contribution >= 0.6 is 0 Å². The molecule has 1 saturated heterocycles. The summed E-state index contributed by atoms with van der Waals surface area (Å²) in [5, 5.41) is 2.78. The van der Waals surface area contributed by atoms with Crippen molar-refractivity contribution in [2.24, 2.45) is 5.92 Å². The van der Waals surface area contributed by atoms with Gasteiger partial charge in [0.05, 0.1) is 13.0 Å². The minimum atomic E-state index is -0.133. The number of anilines is 1. The Morgan fingerprint density at radius 3 is 2.61 bits per heavy atom. The van der Waals surface area contributed by atoms with E-state index in [4.69, 9.17) is 4.74 Å². The Kier molecular flexibility index (Phi) is 6.32. The van der Waals surface area contributed by atoms with Crippen molar-refractivity contribution in [3.05, 3.63) is 54.1 Å². The quantitative estimate of drug-likeness (QED) is 0.823. The van der Waals surface area contributed by atoms with E-state index in [9.17, 15) is 14.4 Å². The molecule has 3 amide bonds. The zero-order valence-electron chi connectivity index (χ0n) is 17.7. The molecule has 1 heterocycles. The predicted molar refractivity (Wildman–Crippen MR) is 117 cm³/mol. The second-order valence-electron chi connectivity index (χ2n) is 8.01. The van der Waals surface area contributed by atoms with E-state index in [1.54, 1.807) is 21.9 Å². The molecular formula is C24H27N3O4. The lowest BCUT2D eigenvalue weighted by molar-refractivity contribution is -0.122. The Morgan fingerprint density at radius 1 is 1.10 bits per heavy atom. The molecule has 1 aliphatic carbocycles. The highest BCUT2D eigenvalue weighted by atomic mass is 16.5. The summed E-state index contributed by atoms with van der Waals surface area (Å²) in [5.41, 5.74) is 3.39. The van der Waals surface area contributed by atoms with Crippen LogP contribution in [-0.4, -0.2) is 56.1 Å². The molecule has 7 heteroatoms. The first-order chi connectivity index (χ1) is 15.0. The summed E-state index contributed by atoms with van der Waals surface area (Å²) < 4.78 is 5.46. The third-order valence-electron chi connectivity index (χ3n) is 5.67. The molecule has 0 atom stereocenters. The Balaban J connectivity index is 1.46. The molecule has 7 nitrogen and oxygen atoms in total. The van der Waals surface area contributed by atoms with E-state index in [-0.39, 0.29) is 30.4 Å². The number of carbonyl (C=O) groups is 3. The summed E-state index contributed by atoms with van der Waals surface area (Å²) in [6.07, 6.45) is 2.26. The van der Waals surface area contributed by atoms with Gasteiger partial charge in [0.25, 0.3) is 5.91 Å². The van der Waals surface area contributed by atoms with Crippen LogP contribution in [0.3, 0.4) is 0 Å². The Labute approximate surface area is 182 Å². The lowest BCUT2D eigenvalue weighted by Gasteiger charge is -2.21. The lowest BCUT2D eigenvalue weighted by Crippen LogP contribution is -2.38. The van der Waals surface area contributed by atoms with Crippen LogP contribution in [0.5, 0.6) is 0 Å². The van der Waals surface area contributed by atoms with Gasteiger partial charge in [0.2, 0.25) is 11.8 Å². The number of nitrogens with one attached hydrogen (secondary N) is 1. The molecule has 0 unspecified atom stereocenters. The van der Waals surface area contributed by atoms with Crippen molar-refractivity contribution >= 4 is 23.4 Å². The van der Waals surface area contributed by atoms with Crippen LogP contribution in [0.1, 0.15) is 29.6 Å². The van der Waals surface area contributed by atoms with Gasteiger partial charge in [-0.1, -0.05) is 24.3 Å². The number of ether oxygens (including phenoxy) is 1. The van der Waals surface area contributed by atoms with Gasteiger partial charge in [-0.3, -0.25) is 14.4 Å². The molecular weight excluding hydrogens is 394 g/mol. The first-order valence-electron chi connectivity index (χ1n) is 10.6. The average Bonchev–Trinajstić information content (AvgIpc) is 3.63. The summed E-state index contributed by atoms with van der Waals surface area (Å²) in [6, 6.07) is 15.3. The van der Waals surface area contributed by atoms with Crippen molar-refractivity contribution in [1.29, 1.82) is 0 Å². The number of hydrogen-bond acceptors (Lipinski definition) is 4. The van der Waals surface area contributed by atoms with Gasteiger partial charge >= 0.3 is 0 Å². The number of carbonyl (C=O) groups excluding carboxylic acids is 3. The van der Waals surface area contributed by atoms with E-state index in [1.165, 1.54) is 0 Å². The monoisotopic (exact) mass is 421 g/mol. The Morgan fingerprint density at radius 2 is 1.87 bits per heavy atom. The molecule has 0 radical (unpaired) electrons. The summed E-state index contributed by atoms with van der Waals surface area (Å²) in [6.45, 7) is 1.27. The molecule has 31 heavy (non-hydrogen) atoms. The van der Waals surface area contributed by atoms with Gasteiger partial charge in [-0.2, -0.15) is 0 Å². The zero-order chi connectivity index (χ0) is 21.8. The van der Waals surface area contributed by atoms with Crippen LogP contribution in [0.2, 0.25) is 0 Å². The van der Waals surface area contributed by atoms with E-state index < -0.39 is 0 Å². The molecule has 2 aromatic carbocycles. The number of amides is 3. The lowest BCUT2D eigenvalue weighted by atomic mass is 10.0. The SMILES string of the molecule is CN(C(=O)C1CC1)c1cccc(-c2ccc(C(=O)N3CCNC(=O)CCOC3)cc2)c1. The number of benzene rings is 2. The topological polar surface area (TPSA) is 79.0 Å². The molecule has 1 saturated carbocycles. The zero-order valence-corrected chi connectivity index (χ0v) is 17.7. The summed E-state index contributed by atoms with van der Waals surface area (Å²) in [7, 11) is 1.82. The minimum Gasteiger partial charge on any atom is -0.360 e. The molecule has 2 aromatic rings. The van der Waals surface area contributed by atoms with Crippen LogP contribution in [0, 0.1) is 5.92 Å². The molecule has 1 aliphatic heterocycles. The van der Waals surface area contributed by atoms with Gasteiger partial charge in [-0.15, -0.1) is 0 Å². The van der Waals surface area contributed by atoms with E-state index in [2.05, 4.69) is 5.32 Å². The highest BCUT2D eigenvalue weighted by Gasteiger charge is 2.32. The standard InChI is InChI=1S/C24H27N3O4/c1-26(23(29)18-9-10-18)21-4-2-3-20(15-21)17-5-7-19(8-6-17)24(30)27-13-12-25-22(28)11-14-31-16-27/h2-8,15,18H,9-14,16H2,1H3,(H,25,28). The van der Waals surface area contributed by atoms with Crippen molar-refractivity contribution in [3.63, 3.8) is 0 Å². The van der Waals surface area contributed by atoms with Crippen LogP contribution < -0.4 is 10.2 Å². The van der Waals surface area contributed by atoms with Gasteiger partial charge in [0.1, 0.15) is 6.73 Å². The van der Waals surface area contributed by atoms with Gasteiger partial charge in [0.15, 0.2) is 0 Å². The van der Waals surface area contributed by atoms with Gasteiger partial charge in [-0.05, 0) is 48.2 Å². The Hall–Kier alpha value is -3.19. The first-order valence-corrected chi connectivity index (χ1v) is 10.6. The maximum Gasteiger partial charge on any atom is 0.255 e. The smallest absolute Gasteiger partial charge is 0.255 e. The van der Waals surface area contributed by atoms with E-state index in [0.717, 1.165) is 29.7 Å². The normalized spacial score (nSPS) is 17.2. The highest BCUT2D eigenvalue weighted by molar-refractivity contribution is 5.97. The molecule has 162 valence electrons. The molecule has 0 aromatic heterocycles. The fourth-order valence-electron chi connectivity index (χ4n) is 3.60. The van der Waals surface area contributed by atoms with Crippen LogP contribution in [0.15, 0.2) is 48.5 Å². The number of nitrogens with zero attached hydrogens (tertiary/aromatic N) is 2. The molecule has 1 N–H and O–H groups in total. The minimum absolute atomic E-state index is 0.0645. The van der Waals surface area contributed by atoms with E-state index >= 15 is 0 Å². The average molecular weight is 421 g/mol. The van der Waals surface area contributed by atoms with Crippen molar-refractivity contribution in [3.8, 4) is 11.1 Å². The van der Waals surface area contributed by atoms with E-state index in [1.807, 2.05) is 43.4 Å². The second kappa shape index (κ2) is 9.31. The predicted octanol–water partition coefficient (Wildman–Crippen LogP) is 2.66. The van der Waals surface area contributed by atoms with Crippen LogP contribution in [0.25, 0.3) is 11.1 Å². The maximum atomic E-state index is 12.9. The third kappa shape index (κ3) is 5.11. The number of hydrogen-bond donors (Lipinski definition) is 1. The second-order valence-corrected chi connectivity index (χ2v) is 8.01. The first kappa shape index (κ1) is 21.1. The Bertz CT molecular complexity index is 969. The fourth-order valence-corrected chi connectivity index (χ4v) is 3.60. The summed E-state index contributed by atoms with van der Waals surface area (Å²) in [4.78, 5) is 40.1. The van der Waals surface area contributed by atoms with E-state index in [0.29, 0.717) is 31.7 Å². The number of rotatable bonds is 4. The van der Waals surface area contributed by atoms with Crippen molar-refractivity contribution in [1.82, 2.24) is 10.2 Å². The molecule has 0 bridgehead atoms. The van der Waals surface area contributed by atoms with Gasteiger partial charge in [0, 0.05) is 37.3 Å². The fraction of sp³-hybridized carbons (Fsp3) is 0.375. The molecule has 2 aliphatic rings. The van der Waals surface area contributed by atoms with Crippen molar-refractivity contribution < 1.29 is 19.1 Å². The third-order valence-corrected chi connectivity index (χ3v) is 5.67. The molecule has 4 rings (SSSR count). The largest absolute Gasteiger partial charge is 0.360 e. The van der Waals surface area contributed by atoms with Crippen LogP contribution in [0.4, 0.5) is 5.69 Å². The van der Waals surface area contributed by atoms with Crippen molar-refractivity contribution in [2.75, 3.05) is 38.4 Å². The van der Waals surface area contributed by atoms with Gasteiger partial charge < -0.3 is 19.9 Å². The summed E-state index contributed by atoms with van der Waals surface area (Å²) in [5.74, 6) is 0.140. The maximum absolute atomic E-state index is 12.9. The van der Waals surface area contributed by atoms with Crippen LogP contribution in [-0.2, 0) is 14.3 Å². The highest BCUT2D eigenvalue weighted by Crippen LogP contribution is 2.33. The summed E-state index contributed by atoms with van der Waals surface area (Å²) >= 11 is 0. The van der Waals surface area contributed by atoms with Gasteiger partial charge in [-0.25, -0.2) is 0 Å². The molecule has 0 spiro atoms. The molecule has 2 fully saturated rings. The van der Waals surface area contributed by atoms with Crippen molar-refractivity contribution in [2.45, 2.75) is 19.3 Å².